The van der Waals surface area contributed by atoms with Crippen molar-refractivity contribution in [2.45, 2.75) is 6.92 Å². The first kappa shape index (κ1) is 16.1. The fourth-order valence-electron chi connectivity index (χ4n) is 2.42. The van der Waals surface area contributed by atoms with Gasteiger partial charge in [-0.25, -0.2) is 8.42 Å². The van der Waals surface area contributed by atoms with Gasteiger partial charge in [0.1, 0.15) is 0 Å². The molecule has 0 spiro atoms. The number of benzene rings is 1. The van der Waals surface area contributed by atoms with Gasteiger partial charge >= 0.3 is 0 Å². The van der Waals surface area contributed by atoms with Gasteiger partial charge in [-0.3, -0.25) is 0 Å². The Morgan fingerprint density at radius 1 is 1.19 bits per heavy atom. The molecule has 0 bridgehead atoms. The smallest absolute Gasteiger partial charge is 0.216 e. The van der Waals surface area contributed by atoms with E-state index in [4.69, 9.17) is 10.5 Å². The molecule has 0 atom stereocenters. The molecule has 2 N–H and O–H groups in total. The van der Waals surface area contributed by atoms with E-state index in [-0.39, 0.29) is 12.4 Å². The van der Waals surface area contributed by atoms with Gasteiger partial charge in [-0.05, 0) is 19.1 Å². The van der Waals surface area contributed by atoms with Crippen LogP contribution in [0.4, 0.5) is 11.4 Å². The van der Waals surface area contributed by atoms with Crippen molar-refractivity contribution in [1.82, 2.24) is 4.31 Å². The predicted molar refractivity (Wildman–Crippen MR) is 84.9 cm³/mol. The zero-order chi connectivity index (χ0) is 15.3. The van der Waals surface area contributed by atoms with Crippen molar-refractivity contribution >= 4 is 21.4 Å². The highest BCUT2D eigenvalue weighted by Gasteiger charge is 2.27. The van der Waals surface area contributed by atoms with Crippen molar-refractivity contribution in [2.75, 3.05) is 55.8 Å². The van der Waals surface area contributed by atoms with Gasteiger partial charge in [0.05, 0.1) is 23.7 Å². The highest BCUT2D eigenvalue weighted by Crippen LogP contribution is 2.24. The summed E-state index contributed by atoms with van der Waals surface area (Å²) in [6.45, 7) is 4.94. The van der Waals surface area contributed by atoms with Crippen molar-refractivity contribution in [3.63, 3.8) is 0 Å². The summed E-state index contributed by atoms with van der Waals surface area (Å²) in [5.41, 5.74) is 7.67. The average Bonchev–Trinajstić information content (AvgIpc) is 2.48. The third kappa shape index (κ3) is 4.09. The average molecular weight is 313 g/mol. The summed E-state index contributed by atoms with van der Waals surface area (Å²) < 4.78 is 31.0. The van der Waals surface area contributed by atoms with Gasteiger partial charge in [-0.15, -0.1) is 0 Å². The minimum atomic E-state index is -3.22. The van der Waals surface area contributed by atoms with E-state index < -0.39 is 10.0 Å². The normalized spacial score (nSPS) is 17.1. The van der Waals surface area contributed by atoms with Crippen LogP contribution in [0.2, 0.25) is 0 Å². The van der Waals surface area contributed by atoms with Crippen LogP contribution in [0, 0.1) is 0 Å². The van der Waals surface area contributed by atoms with E-state index in [1.54, 1.807) is 4.31 Å². The van der Waals surface area contributed by atoms with Gasteiger partial charge in [-0.1, -0.05) is 12.1 Å². The van der Waals surface area contributed by atoms with Gasteiger partial charge < -0.3 is 15.4 Å². The maximum Gasteiger partial charge on any atom is 0.216 e. The van der Waals surface area contributed by atoms with Crippen LogP contribution in [0.3, 0.4) is 0 Å². The molecule has 0 radical (unpaired) electrons. The Morgan fingerprint density at radius 2 is 1.86 bits per heavy atom. The second-order valence-electron chi connectivity index (χ2n) is 4.96. The number of piperazine rings is 1. The molecule has 1 heterocycles. The molecule has 0 saturated carbocycles. The van der Waals surface area contributed by atoms with Crippen LogP contribution in [0.5, 0.6) is 0 Å². The van der Waals surface area contributed by atoms with Crippen LogP contribution in [0.15, 0.2) is 24.3 Å². The zero-order valence-electron chi connectivity index (χ0n) is 12.4. The van der Waals surface area contributed by atoms with E-state index in [0.717, 1.165) is 11.4 Å². The SMILES string of the molecule is CCOCCS(=O)(=O)N1CCN(c2ccccc2N)CC1. The summed E-state index contributed by atoms with van der Waals surface area (Å²) in [4.78, 5) is 2.13. The summed E-state index contributed by atoms with van der Waals surface area (Å²) >= 11 is 0. The molecule has 118 valence electrons. The molecule has 0 aromatic heterocycles. The number of hydrogen-bond acceptors (Lipinski definition) is 5. The van der Waals surface area contributed by atoms with Gasteiger partial charge in [0.2, 0.25) is 10.0 Å². The minimum Gasteiger partial charge on any atom is -0.397 e. The fourth-order valence-corrected chi connectivity index (χ4v) is 3.73. The van der Waals surface area contributed by atoms with Crippen LogP contribution in [0.25, 0.3) is 0 Å². The molecule has 7 heteroatoms. The maximum atomic E-state index is 12.2. The quantitative estimate of drug-likeness (QED) is 0.620. The van der Waals surface area contributed by atoms with Crippen LogP contribution in [0.1, 0.15) is 6.92 Å². The summed E-state index contributed by atoms with van der Waals surface area (Å²) in [6, 6.07) is 7.67. The van der Waals surface area contributed by atoms with Gasteiger partial charge in [0.15, 0.2) is 0 Å². The number of ether oxygens (including phenoxy) is 1. The Hall–Kier alpha value is -1.31. The lowest BCUT2D eigenvalue weighted by atomic mass is 10.2. The molecule has 1 fully saturated rings. The van der Waals surface area contributed by atoms with Crippen LogP contribution < -0.4 is 10.6 Å². The molecule has 0 unspecified atom stereocenters. The third-order valence-electron chi connectivity index (χ3n) is 3.60. The number of anilines is 2. The van der Waals surface area contributed by atoms with E-state index in [1.807, 2.05) is 31.2 Å². The van der Waals surface area contributed by atoms with Crippen molar-refractivity contribution in [3.05, 3.63) is 24.3 Å². The number of hydrogen-bond donors (Lipinski definition) is 1. The lowest BCUT2D eigenvalue weighted by Gasteiger charge is -2.35. The molecule has 1 aliphatic rings. The largest absolute Gasteiger partial charge is 0.397 e. The van der Waals surface area contributed by atoms with E-state index in [9.17, 15) is 8.42 Å². The molecule has 6 nitrogen and oxygen atoms in total. The molecule has 0 aliphatic carbocycles. The Balaban J connectivity index is 1.93. The number of nitrogens with zero attached hydrogens (tertiary/aromatic N) is 2. The van der Waals surface area contributed by atoms with Crippen molar-refractivity contribution in [1.29, 1.82) is 0 Å². The number of nitrogens with two attached hydrogens (primary N) is 1. The van der Waals surface area contributed by atoms with E-state index in [1.165, 1.54) is 0 Å². The second-order valence-corrected chi connectivity index (χ2v) is 7.05. The lowest BCUT2D eigenvalue weighted by molar-refractivity contribution is 0.162. The van der Waals surface area contributed by atoms with Gasteiger partial charge in [-0.2, -0.15) is 4.31 Å². The van der Waals surface area contributed by atoms with Crippen molar-refractivity contribution in [3.8, 4) is 0 Å². The highest BCUT2D eigenvalue weighted by atomic mass is 32.2. The molecular formula is C14H23N3O3S. The monoisotopic (exact) mass is 313 g/mol. The Morgan fingerprint density at radius 3 is 2.48 bits per heavy atom. The first-order valence-electron chi connectivity index (χ1n) is 7.19. The van der Waals surface area contributed by atoms with Crippen molar-refractivity contribution < 1.29 is 13.2 Å². The third-order valence-corrected chi connectivity index (χ3v) is 5.43. The Kier molecular flexibility index (Phi) is 5.44. The topological polar surface area (TPSA) is 75.9 Å². The van der Waals surface area contributed by atoms with Crippen LogP contribution in [-0.4, -0.2) is 57.9 Å². The Bertz CT molecular complexity index is 554. The summed E-state index contributed by atoms with van der Waals surface area (Å²) in [5, 5.41) is 0. The minimum absolute atomic E-state index is 0.0499. The molecule has 1 aromatic rings. The Labute approximate surface area is 126 Å². The molecule has 1 aromatic carbocycles. The standard InChI is InChI=1S/C14H23N3O3S/c1-2-20-11-12-21(18,19)17-9-7-16(8-10-17)14-6-4-3-5-13(14)15/h3-6H,2,7-12,15H2,1H3. The molecule has 0 amide bonds. The first-order chi connectivity index (χ1) is 10.0. The van der Waals surface area contributed by atoms with Crippen molar-refractivity contribution in [2.24, 2.45) is 0 Å². The van der Waals surface area contributed by atoms with E-state index >= 15 is 0 Å². The summed E-state index contributed by atoms with van der Waals surface area (Å²) in [6.07, 6.45) is 0. The maximum absolute atomic E-state index is 12.2. The van der Waals surface area contributed by atoms with Gasteiger partial charge in [0.25, 0.3) is 0 Å². The second kappa shape index (κ2) is 7.11. The van der Waals surface area contributed by atoms with Gasteiger partial charge in [0, 0.05) is 32.8 Å². The first-order valence-corrected chi connectivity index (χ1v) is 8.80. The number of sulfonamides is 1. The highest BCUT2D eigenvalue weighted by molar-refractivity contribution is 7.89. The summed E-state index contributed by atoms with van der Waals surface area (Å²) in [5.74, 6) is 0.0499. The molecule has 1 saturated heterocycles. The fraction of sp³-hybridized carbons (Fsp3) is 0.571. The van der Waals surface area contributed by atoms with E-state index in [2.05, 4.69) is 4.90 Å². The van der Waals surface area contributed by atoms with Crippen LogP contribution in [-0.2, 0) is 14.8 Å². The summed E-state index contributed by atoms with van der Waals surface area (Å²) in [7, 11) is -3.22. The predicted octanol–water partition coefficient (Wildman–Crippen LogP) is 0.757. The zero-order valence-corrected chi connectivity index (χ0v) is 13.2. The molecular weight excluding hydrogens is 290 g/mol. The number of rotatable bonds is 6. The lowest BCUT2D eigenvalue weighted by Crippen LogP contribution is -2.49. The van der Waals surface area contributed by atoms with E-state index in [0.29, 0.717) is 32.8 Å². The molecule has 1 aliphatic heterocycles. The number of nitrogen functional groups attached to an aromatic ring is 1. The number of para-hydroxylation sites is 2. The molecule has 2 rings (SSSR count). The van der Waals surface area contributed by atoms with Crippen LogP contribution >= 0.6 is 0 Å². The molecule has 21 heavy (non-hydrogen) atoms.